The van der Waals surface area contributed by atoms with Gasteiger partial charge in [-0.2, -0.15) is 8.42 Å². The first kappa shape index (κ1) is 23.6. The molecule has 0 aliphatic rings. The van der Waals surface area contributed by atoms with Crippen molar-refractivity contribution in [2.75, 3.05) is 5.75 Å². The van der Waals surface area contributed by atoms with Crippen LogP contribution >= 0.6 is 0 Å². The molecule has 0 fully saturated rings. The smallest absolute Gasteiger partial charge is 0.267 e. The lowest BCUT2D eigenvalue weighted by atomic mass is 10.1. The summed E-state index contributed by atoms with van der Waals surface area (Å²) in [6.07, 6.45) is 1.27. The SMILES string of the molecule is C=C(C)C(=O)NC(C)(C)CS(=O)(=O)O.C=CC(=O)NC(C)(C)C. The van der Waals surface area contributed by atoms with E-state index in [1.54, 1.807) is 0 Å². The second-order valence-electron chi connectivity index (χ2n) is 6.79. The third-order valence-electron chi connectivity index (χ3n) is 2.07. The van der Waals surface area contributed by atoms with Gasteiger partial charge in [0.1, 0.15) is 0 Å². The maximum Gasteiger partial charge on any atom is 0.267 e. The van der Waals surface area contributed by atoms with Crippen LogP contribution in [0.15, 0.2) is 24.8 Å². The van der Waals surface area contributed by atoms with Crippen LogP contribution < -0.4 is 10.6 Å². The molecule has 0 aromatic heterocycles. The molecule has 0 bridgehead atoms. The van der Waals surface area contributed by atoms with Gasteiger partial charge in [-0.15, -0.1) is 0 Å². The molecule has 3 N–H and O–H groups in total. The molecule has 8 heteroatoms. The highest BCUT2D eigenvalue weighted by molar-refractivity contribution is 7.85. The van der Waals surface area contributed by atoms with Crippen LogP contribution in [0.2, 0.25) is 0 Å². The molecular formula is C15H28N2O5S. The summed E-state index contributed by atoms with van der Waals surface area (Å²) in [6, 6.07) is 0. The second-order valence-corrected chi connectivity index (χ2v) is 8.24. The summed E-state index contributed by atoms with van der Waals surface area (Å²) in [6.45, 7) is 17.0. The van der Waals surface area contributed by atoms with E-state index in [1.165, 1.54) is 26.8 Å². The van der Waals surface area contributed by atoms with Crippen molar-refractivity contribution >= 4 is 21.9 Å². The maximum absolute atomic E-state index is 11.2. The monoisotopic (exact) mass is 348 g/mol. The second kappa shape index (κ2) is 8.83. The fourth-order valence-electron chi connectivity index (χ4n) is 1.33. The van der Waals surface area contributed by atoms with Crippen molar-refractivity contribution in [1.29, 1.82) is 0 Å². The Hall–Kier alpha value is -1.67. The zero-order valence-corrected chi connectivity index (χ0v) is 15.5. The zero-order valence-electron chi connectivity index (χ0n) is 14.7. The van der Waals surface area contributed by atoms with Crippen LogP contribution in [0.3, 0.4) is 0 Å². The van der Waals surface area contributed by atoms with Crippen molar-refractivity contribution in [2.24, 2.45) is 0 Å². The minimum Gasteiger partial charge on any atom is -0.348 e. The quantitative estimate of drug-likeness (QED) is 0.514. The van der Waals surface area contributed by atoms with Gasteiger partial charge in [-0.3, -0.25) is 14.1 Å². The van der Waals surface area contributed by atoms with Crippen molar-refractivity contribution < 1.29 is 22.6 Å². The van der Waals surface area contributed by atoms with Crippen LogP contribution in [0.5, 0.6) is 0 Å². The molecule has 0 spiro atoms. The highest BCUT2D eigenvalue weighted by atomic mass is 32.2. The van der Waals surface area contributed by atoms with Crippen molar-refractivity contribution in [3.8, 4) is 0 Å². The predicted octanol–water partition coefficient (Wildman–Crippen LogP) is 1.43. The van der Waals surface area contributed by atoms with Crippen LogP contribution in [0.25, 0.3) is 0 Å². The van der Waals surface area contributed by atoms with Crippen LogP contribution in [0.4, 0.5) is 0 Å². The van der Waals surface area contributed by atoms with E-state index in [-0.39, 0.29) is 17.0 Å². The number of nitrogens with one attached hydrogen (secondary N) is 2. The van der Waals surface area contributed by atoms with Crippen molar-refractivity contribution in [2.45, 2.75) is 52.6 Å². The molecule has 2 amide bonds. The highest BCUT2D eigenvalue weighted by Gasteiger charge is 2.26. The van der Waals surface area contributed by atoms with Crippen LogP contribution in [0, 0.1) is 0 Å². The molecule has 0 saturated carbocycles. The van der Waals surface area contributed by atoms with Gasteiger partial charge in [-0.25, -0.2) is 0 Å². The fraction of sp³-hybridized carbons (Fsp3) is 0.600. The predicted molar refractivity (Wildman–Crippen MR) is 91.5 cm³/mol. The number of hydrogen-bond acceptors (Lipinski definition) is 4. The lowest BCUT2D eigenvalue weighted by Gasteiger charge is -2.24. The Morgan fingerprint density at radius 2 is 1.57 bits per heavy atom. The molecule has 0 heterocycles. The Bertz CT molecular complexity index is 557. The van der Waals surface area contributed by atoms with Gasteiger partial charge in [-0.1, -0.05) is 13.2 Å². The van der Waals surface area contributed by atoms with E-state index in [0.717, 1.165) is 0 Å². The van der Waals surface area contributed by atoms with Gasteiger partial charge in [-0.05, 0) is 47.6 Å². The Morgan fingerprint density at radius 3 is 1.78 bits per heavy atom. The summed E-state index contributed by atoms with van der Waals surface area (Å²) in [5.41, 5.74) is -0.872. The number of carbonyl (C=O) groups excluding carboxylic acids is 2. The van der Waals surface area contributed by atoms with E-state index < -0.39 is 27.3 Å². The molecule has 0 aromatic rings. The normalized spacial score (nSPS) is 11.6. The molecule has 0 aromatic carbocycles. The van der Waals surface area contributed by atoms with Gasteiger partial charge in [0, 0.05) is 11.1 Å². The van der Waals surface area contributed by atoms with Gasteiger partial charge in [0.25, 0.3) is 10.1 Å². The molecule has 0 aliphatic heterocycles. The standard InChI is InChI=1S/C8H15NO4S.C7H13NO/c1-6(2)7(10)9-8(3,4)5-14(11,12)13;1-5-6(9)8-7(2,3)4/h1,5H2,2-4H3,(H,9,10)(H,11,12,13);5H,1H2,2-4H3,(H,8,9). The molecule has 0 saturated heterocycles. The van der Waals surface area contributed by atoms with Gasteiger partial charge >= 0.3 is 0 Å². The topological polar surface area (TPSA) is 113 Å². The largest absolute Gasteiger partial charge is 0.348 e. The molecule has 23 heavy (non-hydrogen) atoms. The zero-order chi connectivity index (χ0) is 19.1. The fourth-order valence-corrected chi connectivity index (χ4v) is 2.31. The van der Waals surface area contributed by atoms with Crippen LogP contribution in [0.1, 0.15) is 41.5 Å². The summed E-state index contributed by atoms with van der Waals surface area (Å²) in [4.78, 5) is 21.8. The van der Waals surface area contributed by atoms with Gasteiger partial charge < -0.3 is 10.6 Å². The van der Waals surface area contributed by atoms with Gasteiger partial charge in [0.2, 0.25) is 11.8 Å². The molecule has 7 nitrogen and oxygen atoms in total. The lowest BCUT2D eigenvalue weighted by molar-refractivity contribution is -0.119. The van der Waals surface area contributed by atoms with E-state index in [4.69, 9.17) is 4.55 Å². The molecule has 0 radical (unpaired) electrons. The van der Waals surface area contributed by atoms with E-state index >= 15 is 0 Å². The Balaban J connectivity index is 0. The molecule has 134 valence electrons. The van der Waals surface area contributed by atoms with E-state index in [1.807, 2.05) is 20.8 Å². The number of hydrogen-bond donors (Lipinski definition) is 3. The number of carbonyl (C=O) groups is 2. The molecule has 0 atom stereocenters. The molecule has 0 rings (SSSR count). The molecule has 0 unspecified atom stereocenters. The highest BCUT2D eigenvalue weighted by Crippen LogP contribution is 2.06. The average molecular weight is 348 g/mol. The van der Waals surface area contributed by atoms with Gasteiger partial charge in [0.15, 0.2) is 0 Å². The summed E-state index contributed by atoms with van der Waals surface area (Å²) >= 11 is 0. The first-order valence-corrected chi connectivity index (χ1v) is 8.48. The van der Waals surface area contributed by atoms with Crippen LogP contribution in [-0.4, -0.2) is 41.6 Å². The molecule has 0 aliphatic carbocycles. The van der Waals surface area contributed by atoms with Crippen LogP contribution in [-0.2, 0) is 19.7 Å². The molecular weight excluding hydrogens is 320 g/mol. The van der Waals surface area contributed by atoms with E-state index in [0.29, 0.717) is 0 Å². The average Bonchev–Trinajstić information content (AvgIpc) is 2.22. The summed E-state index contributed by atoms with van der Waals surface area (Å²) in [7, 11) is -4.10. The van der Waals surface area contributed by atoms with Crippen molar-refractivity contribution in [1.82, 2.24) is 10.6 Å². The Morgan fingerprint density at radius 1 is 1.13 bits per heavy atom. The first-order valence-electron chi connectivity index (χ1n) is 6.87. The minimum atomic E-state index is -4.10. The van der Waals surface area contributed by atoms with Gasteiger partial charge in [0.05, 0.1) is 11.3 Å². The van der Waals surface area contributed by atoms with Crippen molar-refractivity contribution in [3.63, 3.8) is 0 Å². The van der Waals surface area contributed by atoms with Crippen molar-refractivity contribution in [3.05, 3.63) is 24.8 Å². The lowest BCUT2D eigenvalue weighted by Crippen LogP contribution is -2.48. The number of amides is 2. The summed E-state index contributed by atoms with van der Waals surface area (Å²) < 4.78 is 29.8. The summed E-state index contributed by atoms with van der Waals surface area (Å²) in [5, 5.41) is 5.15. The third-order valence-corrected chi connectivity index (χ3v) is 3.15. The third kappa shape index (κ3) is 16.5. The summed E-state index contributed by atoms with van der Waals surface area (Å²) in [5.74, 6) is -1.08. The minimum absolute atomic E-state index is 0.123. The van der Waals surface area contributed by atoms with E-state index in [9.17, 15) is 18.0 Å². The number of rotatable bonds is 5. The maximum atomic E-state index is 11.2. The Kier molecular flexibility index (Phi) is 9.06. The first-order chi connectivity index (χ1) is 9.99. The Labute approximate surface area is 139 Å². The van der Waals surface area contributed by atoms with E-state index in [2.05, 4.69) is 23.8 Å².